The number of hydrogen-bond acceptors (Lipinski definition) is 11. The Morgan fingerprint density at radius 1 is 0.366 bits per heavy atom. The Morgan fingerprint density at radius 3 is 1.03 bits per heavy atom. The summed E-state index contributed by atoms with van der Waals surface area (Å²) >= 11 is 0. The standard InChI is InChI=1S/C22H21NO2.C22H21NO.2C21H19NO2.CH3.K.Li.H2O/c1-22(2)17-7-5-6-8-18(17)23(3)19-12-10-14-13-15(21(24)25-4)9-11-16(14)20(19)22;1-14(24)15-9-11-17-16(13-15)10-12-20-21(17)22(2,3)18-7-5-6-8-19(18)23(20)4;1-21(2)16-6-4-5-7-17(16)22-18-11-9-13-12-14(20(23)24-3)8-10-15(13)19(18)21;1-21(2)16-6-4-5-7-17(16)22(3)18-11-9-13-12-14(20(23)24)8-10-15(13)19(18)21;;;;/h5-13H,1-4H3;5-13H,1-4H3;4-12,22H,1-3H3;4-12H,1-3H3,(H,23,24);1H3;;;1H2/q;;;;-1;2*+1;/p-1. The molecule has 0 saturated heterocycles. The fraction of sp³-hybridized carbons (Fsp3) is 0.207. The van der Waals surface area contributed by atoms with Crippen molar-refractivity contribution in [3.8, 4) is 0 Å². The van der Waals surface area contributed by atoms with Crippen LogP contribution < -0.4 is 90.3 Å². The number of hydrogen-bond donors (Lipinski definition) is 2. The number of carboxylic acids is 1. The van der Waals surface area contributed by atoms with Crippen molar-refractivity contribution in [2.24, 2.45) is 0 Å². The molecule has 3 N–H and O–H groups in total. The van der Waals surface area contributed by atoms with Crippen molar-refractivity contribution in [3.63, 3.8) is 0 Å². The van der Waals surface area contributed by atoms with Crippen molar-refractivity contribution in [1.82, 2.24) is 0 Å². The van der Waals surface area contributed by atoms with E-state index in [2.05, 4.69) is 242 Å². The molecule has 0 aliphatic carbocycles. The molecule has 0 fully saturated rings. The van der Waals surface area contributed by atoms with E-state index in [4.69, 9.17) is 9.47 Å². The summed E-state index contributed by atoms with van der Waals surface area (Å²) in [4.78, 5) is 53.4. The molecular weight excluding hydrogens is 1280 g/mol. The van der Waals surface area contributed by atoms with E-state index in [-0.39, 0.29) is 123 Å². The van der Waals surface area contributed by atoms with E-state index in [0.29, 0.717) is 16.7 Å². The predicted molar refractivity (Wildman–Crippen MR) is 406 cm³/mol. The number of ether oxygens (including phenoxy) is 2. The largest absolute Gasteiger partial charge is 1.00 e. The Morgan fingerprint density at radius 2 is 0.663 bits per heavy atom. The van der Waals surface area contributed by atoms with E-state index in [9.17, 15) is 24.3 Å². The molecule has 0 saturated carbocycles. The third-order valence-corrected chi connectivity index (χ3v) is 20.8. The quantitative estimate of drug-likeness (QED) is 0.0745. The van der Waals surface area contributed by atoms with Gasteiger partial charge in [0.1, 0.15) is 0 Å². The van der Waals surface area contributed by atoms with Crippen LogP contribution in [0.2, 0.25) is 0 Å². The molecule has 0 radical (unpaired) electrons. The Hall–Kier alpha value is -8.85. The summed E-state index contributed by atoms with van der Waals surface area (Å²) in [5.74, 6) is -1.40. The van der Waals surface area contributed by atoms with Gasteiger partial charge in [0.25, 0.3) is 0 Å². The van der Waals surface area contributed by atoms with Gasteiger partial charge < -0.3 is 47.5 Å². The molecule has 12 nitrogen and oxygen atoms in total. The Bertz CT molecular complexity index is 5110. The summed E-state index contributed by atoms with van der Waals surface area (Å²) in [6.07, 6.45) is 0. The Balaban J connectivity index is 0.000000155. The number of fused-ring (bicyclic) bond motifs is 16. The molecule has 0 unspecified atom stereocenters. The van der Waals surface area contributed by atoms with Gasteiger partial charge in [-0.05, 0) is 186 Å². The van der Waals surface area contributed by atoms with Gasteiger partial charge in [0.15, 0.2) is 5.78 Å². The second-order valence-corrected chi connectivity index (χ2v) is 27.9. The van der Waals surface area contributed by atoms with Gasteiger partial charge in [-0.2, -0.15) is 0 Å². The van der Waals surface area contributed by atoms with Gasteiger partial charge in [-0.15, -0.1) is 0 Å². The number of aromatic carboxylic acids is 1. The minimum Gasteiger partial charge on any atom is -0.870 e. The summed E-state index contributed by atoms with van der Waals surface area (Å²) in [7, 11) is 9.15. The normalized spacial score (nSPS) is 14.3. The molecule has 4 aliphatic heterocycles. The van der Waals surface area contributed by atoms with E-state index in [1.807, 2.05) is 60.7 Å². The molecule has 502 valence electrons. The number of carboxylic acid groups (broad SMARTS) is 1. The summed E-state index contributed by atoms with van der Waals surface area (Å²) in [6, 6.07) is 73.9. The number of esters is 2. The number of anilines is 8. The predicted octanol–water partition coefficient (Wildman–Crippen LogP) is 14.7. The first kappa shape index (κ1) is 76.3. The molecular formula is C87H84KLiN4O8. The number of methoxy groups -OCH3 is 2. The molecule has 0 amide bonds. The molecule has 0 atom stereocenters. The average molecular weight is 1360 g/mol. The maximum atomic E-state index is 11.9. The van der Waals surface area contributed by atoms with Crippen LogP contribution in [0.4, 0.5) is 45.5 Å². The monoisotopic (exact) mass is 1360 g/mol. The van der Waals surface area contributed by atoms with E-state index in [1.165, 1.54) is 104 Å². The fourth-order valence-corrected chi connectivity index (χ4v) is 15.8. The van der Waals surface area contributed by atoms with Crippen LogP contribution >= 0.6 is 0 Å². The molecule has 16 rings (SSSR count). The number of carbonyl (C=O) groups is 4. The summed E-state index contributed by atoms with van der Waals surface area (Å²) in [5, 5.41) is 21.7. The molecule has 101 heavy (non-hydrogen) atoms. The molecule has 14 heteroatoms. The van der Waals surface area contributed by atoms with Gasteiger partial charge in [-0.25, -0.2) is 14.4 Å². The summed E-state index contributed by atoms with van der Waals surface area (Å²) < 4.78 is 9.69. The van der Waals surface area contributed by atoms with Crippen LogP contribution in [0, 0.1) is 7.43 Å². The molecule has 4 heterocycles. The van der Waals surface area contributed by atoms with Crippen molar-refractivity contribution in [3.05, 3.63) is 293 Å². The zero-order valence-corrected chi connectivity index (χ0v) is 64.1. The van der Waals surface area contributed by atoms with Gasteiger partial charge in [0.2, 0.25) is 0 Å². The van der Waals surface area contributed by atoms with Crippen LogP contribution in [0.15, 0.2) is 218 Å². The van der Waals surface area contributed by atoms with Crippen LogP contribution in [0.5, 0.6) is 0 Å². The average Bonchev–Trinajstić information content (AvgIpc) is 0.733. The van der Waals surface area contributed by atoms with E-state index >= 15 is 0 Å². The van der Waals surface area contributed by atoms with Gasteiger partial charge in [-0.3, -0.25) is 4.79 Å². The smallest absolute Gasteiger partial charge is 0.870 e. The topological polar surface area (TPSA) is 159 Å². The second kappa shape index (κ2) is 29.2. The Labute approximate surface area is 647 Å². The van der Waals surface area contributed by atoms with Crippen LogP contribution in [0.25, 0.3) is 43.1 Å². The molecule has 0 spiro atoms. The first-order valence-corrected chi connectivity index (χ1v) is 32.9. The summed E-state index contributed by atoms with van der Waals surface area (Å²) in [6.45, 7) is 19.7. The third-order valence-electron chi connectivity index (χ3n) is 20.8. The molecule has 12 aromatic rings. The van der Waals surface area contributed by atoms with Gasteiger partial charge in [0, 0.05) is 93.9 Å². The van der Waals surface area contributed by atoms with Crippen LogP contribution in [0.3, 0.4) is 0 Å². The van der Waals surface area contributed by atoms with Crippen molar-refractivity contribution in [1.29, 1.82) is 0 Å². The van der Waals surface area contributed by atoms with E-state index < -0.39 is 5.97 Å². The zero-order chi connectivity index (χ0) is 68.8. The fourth-order valence-electron chi connectivity index (χ4n) is 15.8. The summed E-state index contributed by atoms with van der Waals surface area (Å²) in [5.41, 5.74) is 21.7. The van der Waals surface area contributed by atoms with Gasteiger partial charge in [-0.1, -0.05) is 183 Å². The second-order valence-electron chi connectivity index (χ2n) is 27.9. The molecule has 12 aromatic carbocycles. The number of ketones is 1. The van der Waals surface area contributed by atoms with Crippen LogP contribution in [0.1, 0.15) is 148 Å². The number of rotatable bonds is 4. The maximum Gasteiger partial charge on any atom is 1.00 e. The number of benzene rings is 12. The Kier molecular flexibility index (Phi) is 22.1. The maximum absolute atomic E-state index is 11.9. The number of para-hydroxylation sites is 4. The van der Waals surface area contributed by atoms with Crippen molar-refractivity contribution >= 4 is 112 Å². The number of nitrogens with one attached hydrogen (secondary N) is 1. The third kappa shape index (κ3) is 13.1. The van der Waals surface area contributed by atoms with Crippen molar-refractivity contribution in [2.45, 2.75) is 84.0 Å². The molecule has 0 bridgehead atoms. The van der Waals surface area contributed by atoms with Crippen molar-refractivity contribution in [2.75, 3.05) is 55.4 Å². The van der Waals surface area contributed by atoms with Crippen LogP contribution in [-0.2, 0) is 31.1 Å². The zero-order valence-electron chi connectivity index (χ0n) is 61.0. The number of carbonyl (C=O) groups excluding carboxylic acids is 3. The number of nitrogens with zero attached hydrogens (tertiary/aromatic N) is 3. The van der Waals surface area contributed by atoms with Crippen LogP contribution in [-0.4, -0.2) is 69.6 Å². The van der Waals surface area contributed by atoms with E-state index in [0.717, 1.165) is 49.3 Å². The van der Waals surface area contributed by atoms with Crippen molar-refractivity contribution < 1.29 is 109 Å². The first-order valence-electron chi connectivity index (χ1n) is 32.9. The minimum atomic E-state index is -0.892. The van der Waals surface area contributed by atoms with Gasteiger partial charge >= 0.3 is 88.2 Å². The molecule has 0 aromatic heterocycles. The first-order chi connectivity index (χ1) is 46.3. The number of Topliss-reactive ketones (excluding diaryl/α,β-unsaturated/α-hetero) is 1. The minimum absolute atomic E-state index is 0. The van der Waals surface area contributed by atoms with Gasteiger partial charge in [0.05, 0.1) is 30.9 Å². The molecule has 4 aliphatic rings. The van der Waals surface area contributed by atoms with E-state index in [1.54, 1.807) is 19.1 Å². The SMILES string of the molecule is CC(=O)c1ccc2c3c(ccc2c1)N(C)c1ccccc1C3(C)C.CN1c2ccccc2C(C)(C)c2c1ccc1cc(C(=O)O)ccc21.COC(=O)c1ccc2c3c(ccc2c1)N(C)c1ccccc1C3(C)C.COC(=O)c1ccc2c3c(ccc2c1)Nc1ccccc1C3(C)C.[CH3-].[K+].[Li+].[OH-].